The van der Waals surface area contributed by atoms with Gasteiger partial charge in [0.1, 0.15) is 5.75 Å². The largest absolute Gasteiger partial charge is 0.492 e. The third-order valence-electron chi connectivity index (χ3n) is 2.47. The van der Waals surface area contributed by atoms with Crippen LogP contribution in [-0.4, -0.2) is 12.5 Å². The Labute approximate surface area is 103 Å². The number of ether oxygens (including phenoxy) is 1. The Balaban J connectivity index is 2.52. The number of para-hydroxylation sites is 2. The summed E-state index contributed by atoms with van der Waals surface area (Å²) in [4.78, 5) is 11.7. The maximum Gasteiger partial charge on any atom is 0.224 e. The number of hydrogen-bond donors (Lipinski definition) is 1. The van der Waals surface area contributed by atoms with Crippen molar-refractivity contribution in [3.63, 3.8) is 0 Å². The molecule has 3 nitrogen and oxygen atoms in total. The Morgan fingerprint density at radius 2 is 2.00 bits per heavy atom. The zero-order valence-electron chi connectivity index (χ0n) is 10.7. The van der Waals surface area contributed by atoms with Crippen molar-refractivity contribution in [2.45, 2.75) is 39.5 Å². The highest BCUT2D eigenvalue weighted by molar-refractivity contribution is 5.92. The van der Waals surface area contributed by atoms with Gasteiger partial charge < -0.3 is 10.1 Å². The molecule has 1 aromatic rings. The summed E-state index contributed by atoms with van der Waals surface area (Å²) in [5.74, 6) is 0.796. The van der Waals surface area contributed by atoms with Crippen molar-refractivity contribution in [2.75, 3.05) is 11.9 Å². The normalized spacial score (nSPS) is 10.0. The Kier molecular flexibility index (Phi) is 6.15. The van der Waals surface area contributed by atoms with E-state index >= 15 is 0 Å². The molecule has 0 aliphatic rings. The molecular weight excluding hydrogens is 214 g/mol. The number of anilines is 1. The van der Waals surface area contributed by atoms with Crippen molar-refractivity contribution in [3.05, 3.63) is 24.3 Å². The fourth-order valence-corrected chi connectivity index (χ4v) is 1.60. The van der Waals surface area contributed by atoms with Crippen LogP contribution >= 0.6 is 0 Å². The number of hydrogen-bond acceptors (Lipinski definition) is 2. The van der Waals surface area contributed by atoms with Crippen molar-refractivity contribution < 1.29 is 9.53 Å². The van der Waals surface area contributed by atoms with Crippen molar-refractivity contribution >= 4 is 11.6 Å². The number of carbonyl (C=O) groups excluding carboxylic acids is 1. The summed E-state index contributed by atoms with van der Waals surface area (Å²) in [6.45, 7) is 4.66. The van der Waals surface area contributed by atoms with Crippen molar-refractivity contribution in [2.24, 2.45) is 0 Å². The molecule has 1 N–H and O–H groups in total. The minimum absolute atomic E-state index is 0.0607. The lowest BCUT2D eigenvalue weighted by Crippen LogP contribution is -2.12. The third kappa shape index (κ3) is 4.89. The van der Waals surface area contributed by atoms with Gasteiger partial charge in [0.15, 0.2) is 0 Å². The fourth-order valence-electron chi connectivity index (χ4n) is 1.60. The van der Waals surface area contributed by atoms with Crippen LogP contribution in [0, 0.1) is 0 Å². The van der Waals surface area contributed by atoms with Gasteiger partial charge in [-0.25, -0.2) is 0 Å². The second-order valence-corrected chi connectivity index (χ2v) is 3.93. The molecule has 3 heteroatoms. The van der Waals surface area contributed by atoms with Crippen LogP contribution in [0.1, 0.15) is 39.5 Å². The monoisotopic (exact) mass is 235 g/mol. The van der Waals surface area contributed by atoms with Gasteiger partial charge in [-0.3, -0.25) is 4.79 Å². The fraction of sp³-hybridized carbons (Fsp3) is 0.500. The molecule has 0 saturated carbocycles. The molecule has 17 heavy (non-hydrogen) atoms. The van der Waals surface area contributed by atoms with E-state index in [2.05, 4.69) is 12.2 Å². The average molecular weight is 235 g/mol. The molecule has 0 aromatic heterocycles. The smallest absolute Gasteiger partial charge is 0.224 e. The van der Waals surface area contributed by atoms with E-state index in [1.54, 1.807) is 0 Å². The number of amides is 1. The average Bonchev–Trinajstić information content (AvgIpc) is 2.32. The number of rotatable bonds is 7. The molecule has 0 heterocycles. The van der Waals surface area contributed by atoms with Gasteiger partial charge in [-0.2, -0.15) is 0 Å². The van der Waals surface area contributed by atoms with Gasteiger partial charge in [0.05, 0.1) is 12.3 Å². The molecule has 1 aromatic carbocycles. The SMILES string of the molecule is CCCCCC(=O)Nc1ccccc1OCC. The second kappa shape index (κ2) is 7.71. The van der Waals surface area contributed by atoms with Gasteiger partial charge in [-0.1, -0.05) is 31.9 Å². The van der Waals surface area contributed by atoms with Crippen LogP contribution in [-0.2, 0) is 4.79 Å². The molecule has 0 radical (unpaired) electrons. The maximum absolute atomic E-state index is 11.7. The summed E-state index contributed by atoms with van der Waals surface area (Å²) in [6.07, 6.45) is 3.75. The summed E-state index contributed by atoms with van der Waals surface area (Å²) in [5, 5.41) is 2.89. The topological polar surface area (TPSA) is 38.3 Å². The molecule has 0 spiro atoms. The maximum atomic E-state index is 11.7. The molecule has 94 valence electrons. The molecule has 0 bridgehead atoms. The van der Waals surface area contributed by atoms with Crippen LogP contribution in [0.3, 0.4) is 0 Å². The number of unbranched alkanes of at least 4 members (excludes halogenated alkanes) is 2. The van der Waals surface area contributed by atoms with Crippen LogP contribution in [0.4, 0.5) is 5.69 Å². The number of carbonyl (C=O) groups is 1. The summed E-state index contributed by atoms with van der Waals surface area (Å²) in [6, 6.07) is 7.52. The Morgan fingerprint density at radius 3 is 2.71 bits per heavy atom. The van der Waals surface area contributed by atoms with E-state index < -0.39 is 0 Å². The minimum atomic E-state index is 0.0607. The molecule has 0 atom stereocenters. The first kappa shape index (κ1) is 13.6. The summed E-state index contributed by atoms with van der Waals surface area (Å²) < 4.78 is 5.45. The third-order valence-corrected chi connectivity index (χ3v) is 2.47. The molecule has 1 amide bonds. The minimum Gasteiger partial charge on any atom is -0.492 e. The highest BCUT2D eigenvalue weighted by Crippen LogP contribution is 2.23. The lowest BCUT2D eigenvalue weighted by molar-refractivity contribution is -0.116. The predicted octanol–water partition coefficient (Wildman–Crippen LogP) is 3.60. The standard InChI is InChI=1S/C14H21NO2/c1-3-5-6-11-14(16)15-12-9-7-8-10-13(12)17-4-2/h7-10H,3-6,11H2,1-2H3,(H,15,16). The van der Waals surface area contributed by atoms with Gasteiger partial charge in [0.2, 0.25) is 5.91 Å². The van der Waals surface area contributed by atoms with Gasteiger partial charge in [0, 0.05) is 6.42 Å². The predicted molar refractivity (Wildman–Crippen MR) is 70.4 cm³/mol. The van der Waals surface area contributed by atoms with E-state index in [0.717, 1.165) is 30.7 Å². The van der Waals surface area contributed by atoms with Crippen LogP contribution < -0.4 is 10.1 Å². The highest BCUT2D eigenvalue weighted by atomic mass is 16.5. The molecule has 1 rings (SSSR count). The second-order valence-electron chi connectivity index (χ2n) is 3.93. The summed E-state index contributed by atoms with van der Waals surface area (Å²) >= 11 is 0. The van der Waals surface area contributed by atoms with E-state index in [1.165, 1.54) is 0 Å². The van der Waals surface area contributed by atoms with E-state index in [4.69, 9.17) is 4.74 Å². The summed E-state index contributed by atoms with van der Waals surface area (Å²) in [5.41, 5.74) is 0.760. The van der Waals surface area contributed by atoms with Crippen LogP contribution in [0.15, 0.2) is 24.3 Å². The number of benzene rings is 1. The van der Waals surface area contributed by atoms with E-state index in [9.17, 15) is 4.79 Å². The van der Waals surface area contributed by atoms with Gasteiger partial charge >= 0.3 is 0 Å². The van der Waals surface area contributed by atoms with Gasteiger partial charge in [-0.15, -0.1) is 0 Å². The van der Waals surface area contributed by atoms with E-state index in [-0.39, 0.29) is 5.91 Å². The highest BCUT2D eigenvalue weighted by Gasteiger charge is 2.06. The van der Waals surface area contributed by atoms with Crippen LogP contribution in [0.2, 0.25) is 0 Å². The molecule has 0 aliphatic carbocycles. The summed E-state index contributed by atoms with van der Waals surface area (Å²) in [7, 11) is 0. The van der Waals surface area contributed by atoms with Crippen LogP contribution in [0.5, 0.6) is 5.75 Å². The quantitative estimate of drug-likeness (QED) is 0.733. The molecule has 0 fully saturated rings. The lowest BCUT2D eigenvalue weighted by Gasteiger charge is -2.10. The number of nitrogens with one attached hydrogen (secondary N) is 1. The van der Waals surface area contributed by atoms with Crippen molar-refractivity contribution in [1.29, 1.82) is 0 Å². The van der Waals surface area contributed by atoms with Crippen molar-refractivity contribution in [1.82, 2.24) is 0 Å². The Bertz CT molecular complexity index is 350. The molecule has 0 saturated heterocycles. The molecular formula is C14H21NO2. The first-order valence-electron chi connectivity index (χ1n) is 6.29. The zero-order chi connectivity index (χ0) is 12.5. The first-order valence-corrected chi connectivity index (χ1v) is 6.29. The first-order chi connectivity index (χ1) is 8.27. The molecule has 0 unspecified atom stereocenters. The molecule has 0 aliphatic heterocycles. The van der Waals surface area contributed by atoms with Crippen molar-refractivity contribution in [3.8, 4) is 5.75 Å². The van der Waals surface area contributed by atoms with Crippen LogP contribution in [0.25, 0.3) is 0 Å². The van der Waals surface area contributed by atoms with Gasteiger partial charge in [-0.05, 0) is 25.5 Å². The van der Waals surface area contributed by atoms with E-state index in [1.807, 2.05) is 31.2 Å². The Hall–Kier alpha value is -1.51. The van der Waals surface area contributed by atoms with E-state index in [0.29, 0.717) is 13.0 Å². The Morgan fingerprint density at radius 1 is 1.24 bits per heavy atom. The van der Waals surface area contributed by atoms with Gasteiger partial charge in [0.25, 0.3) is 0 Å². The lowest BCUT2D eigenvalue weighted by atomic mass is 10.2. The zero-order valence-corrected chi connectivity index (χ0v) is 10.7.